The van der Waals surface area contributed by atoms with E-state index in [1.54, 1.807) is 6.92 Å². The zero-order valence-corrected chi connectivity index (χ0v) is 11.8. The number of hydrogen-bond acceptors (Lipinski definition) is 3. The van der Waals surface area contributed by atoms with Crippen molar-refractivity contribution < 1.29 is 32.6 Å². The third kappa shape index (κ3) is 6.47. The molecule has 1 aromatic carbocycles. The summed E-state index contributed by atoms with van der Waals surface area (Å²) >= 11 is 0. The van der Waals surface area contributed by atoms with Crippen molar-refractivity contribution >= 4 is 11.9 Å². The minimum absolute atomic E-state index is 0.125. The van der Waals surface area contributed by atoms with Gasteiger partial charge in [-0.2, -0.15) is 0 Å². The van der Waals surface area contributed by atoms with Gasteiger partial charge in [0.2, 0.25) is 5.91 Å². The molecule has 1 atom stereocenters. The Morgan fingerprint density at radius 3 is 2.32 bits per heavy atom. The Hall–Kier alpha value is -2.25. The maximum absolute atomic E-state index is 12.0. The number of carbonyl (C=O) groups excluding carboxylic acids is 1. The topological polar surface area (TPSA) is 75.6 Å². The zero-order chi connectivity index (χ0) is 16.8. The number of ether oxygens (including phenoxy) is 1. The molecule has 1 rings (SSSR count). The number of nitrogens with one attached hydrogen (secondary N) is 1. The fourth-order valence-corrected chi connectivity index (χ4v) is 1.79. The van der Waals surface area contributed by atoms with Crippen molar-refractivity contribution in [3.8, 4) is 5.75 Å². The van der Waals surface area contributed by atoms with Crippen molar-refractivity contribution in [1.29, 1.82) is 0 Å². The number of alkyl halides is 3. The number of carbonyl (C=O) groups is 2. The molecule has 1 unspecified atom stereocenters. The van der Waals surface area contributed by atoms with E-state index in [0.717, 1.165) is 12.1 Å². The fraction of sp³-hybridized carbons (Fsp3) is 0.429. The van der Waals surface area contributed by atoms with E-state index in [2.05, 4.69) is 10.1 Å². The third-order valence-electron chi connectivity index (χ3n) is 2.73. The molecule has 5 nitrogen and oxygen atoms in total. The summed E-state index contributed by atoms with van der Waals surface area (Å²) in [6, 6.07) is 3.85. The van der Waals surface area contributed by atoms with Gasteiger partial charge >= 0.3 is 12.3 Å². The van der Waals surface area contributed by atoms with Gasteiger partial charge in [-0.15, -0.1) is 13.2 Å². The molecule has 2 N–H and O–H groups in total. The molecule has 0 fully saturated rings. The smallest absolute Gasteiger partial charge is 0.480 e. The maximum Gasteiger partial charge on any atom is 0.573 e. The Bertz CT molecular complexity index is 514. The highest BCUT2D eigenvalue weighted by molar-refractivity contribution is 5.84. The molecule has 0 saturated carbocycles. The van der Waals surface area contributed by atoms with Gasteiger partial charge in [0.1, 0.15) is 11.8 Å². The summed E-state index contributed by atoms with van der Waals surface area (Å²) < 4.78 is 39.7. The first-order valence-corrected chi connectivity index (χ1v) is 6.58. The van der Waals surface area contributed by atoms with Crippen LogP contribution in [0.5, 0.6) is 5.75 Å². The average molecular weight is 319 g/mol. The van der Waals surface area contributed by atoms with Crippen molar-refractivity contribution in [2.75, 3.05) is 0 Å². The van der Waals surface area contributed by atoms with Crippen molar-refractivity contribution in [2.45, 2.75) is 38.6 Å². The molecule has 8 heteroatoms. The van der Waals surface area contributed by atoms with Crippen LogP contribution in [0.25, 0.3) is 0 Å². The highest BCUT2D eigenvalue weighted by Crippen LogP contribution is 2.22. The quantitative estimate of drug-likeness (QED) is 0.809. The van der Waals surface area contributed by atoms with E-state index in [9.17, 15) is 22.8 Å². The predicted octanol–water partition coefficient (Wildman–Crippen LogP) is 2.50. The first-order valence-electron chi connectivity index (χ1n) is 6.58. The van der Waals surface area contributed by atoms with E-state index in [1.165, 1.54) is 12.1 Å². The third-order valence-corrected chi connectivity index (χ3v) is 2.73. The largest absolute Gasteiger partial charge is 0.573 e. The predicted molar refractivity (Wildman–Crippen MR) is 71.3 cm³/mol. The van der Waals surface area contributed by atoms with Gasteiger partial charge in [-0.3, -0.25) is 4.79 Å². The number of benzene rings is 1. The van der Waals surface area contributed by atoms with Gasteiger partial charge in [-0.1, -0.05) is 25.5 Å². The summed E-state index contributed by atoms with van der Waals surface area (Å²) in [6.07, 6.45) is -3.99. The molecular weight excluding hydrogens is 303 g/mol. The summed E-state index contributed by atoms with van der Waals surface area (Å²) in [7, 11) is 0. The van der Waals surface area contributed by atoms with Crippen LogP contribution >= 0.6 is 0 Å². The van der Waals surface area contributed by atoms with Crippen LogP contribution in [0.1, 0.15) is 25.3 Å². The van der Waals surface area contributed by atoms with Crippen molar-refractivity contribution in [3.63, 3.8) is 0 Å². The molecule has 1 amide bonds. The maximum atomic E-state index is 12.0. The molecule has 0 radical (unpaired) electrons. The molecule has 122 valence electrons. The lowest BCUT2D eigenvalue weighted by Crippen LogP contribution is -2.41. The Morgan fingerprint density at radius 2 is 1.86 bits per heavy atom. The van der Waals surface area contributed by atoms with Gasteiger partial charge in [0.15, 0.2) is 0 Å². The van der Waals surface area contributed by atoms with Crippen LogP contribution in [0.3, 0.4) is 0 Å². The van der Waals surface area contributed by atoms with Gasteiger partial charge < -0.3 is 15.2 Å². The van der Waals surface area contributed by atoms with Gasteiger partial charge in [0.05, 0.1) is 6.42 Å². The minimum atomic E-state index is -4.77. The number of aliphatic carboxylic acids is 1. The standard InChI is InChI=1S/C14H16F3NO4/c1-2-3-11(13(20)21)18-12(19)8-9-4-6-10(7-5-9)22-14(15,16)17/h4-7,11H,2-3,8H2,1H3,(H,18,19)(H,20,21). The van der Waals surface area contributed by atoms with E-state index < -0.39 is 24.3 Å². The Labute approximate surface area is 125 Å². The highest BCUT2D eigenvalue weighted by Gasteiger charge is 2.31. The number of amides is 1. The SMILES string of the molecule is CCCC(NC(=O)Cc1ccc(OC(F)(F)F)cc1)C(=O)O. The first-order chi connectivity index (χ1) is 10.2. The lowest BCUT2D eigenvalue weighted by Gasteiger charge is -2.13. The monoisotopic (exact) mass is 319 g/mol. The second kappa shape index (κ2) is 7.67. The van der Waals surface area contributed by atoms with E-state index in [-0.39, 0.29) is 12.2 Å². The highest BCUT2D eigenvalue weighted by atomic mass is 19.4. The first kappa shape index (κ1) is 17.8. The Morgan fingerprint density at radius 1 is 1.27 bits per heavy atom. The lowest BCUT2D eigenvalue weighted by molar-refractivity contribution is -0.274. The van der Waals surface area contributed by atoms with Gasteiger partial charge in [-0.05, 0) is 24.1 Å². The summed E-state index contributed by atoms with van der Waals surface area (Å²) in [5.74, 6) is -2.01. The summed E-state index contributed by atoms with van der Waals surface area (Å²) in [4.78, 5) is 22.6. The van der Waals surface area contributed by atoms with Crippen molar-refractivity contribution in [1.82, 2.24) is 5.32 Å². The molecule has 0 saturated heterocycles. The Kier molecular flexibility index (Phi) is 6.21. The summed E-state index contributed by atoms with van der Waals surface area (Å²) in [5.41, 5.74) is 0.452. The Balaban J connectivity index is 2.59. The molecule has 0 heterocycles. The lowest BCUT2D eigenvalue weighted by atomic mass is 10.1. The molecule has 0 bridgehead atoms. The molecule has 1 aromatic rings. The average Bonchev–Trinajstić information content (AvgIpc) is 2.38. The molecule has 0 aliphatic carbocycles. The van der Waals surface area contributed by atoms with Crippen LogP contribution in [-0.4, -0.2) is 29.4 Å². The summed E-state index contributed by atoms with van der Waals surface area (Å²) in [6.45, 7) is 1.79. The number of halogens is 3. The molecule has 0 aliphatic heterocycles. The number of hydrogen-bond donors (Lipinski definition) is 2. The molecule has 0 aromatic heterocycles. The minimum Gasteiger partial charge on any atom is -0.480 e. The van der Waals surface area contributed by atoms with Crippen LogP contribution in [-0.2, 0) is 16.0 Å². The number of carboxylic acids is 1. The van der Waals surface area contributed by atoms with Crippen LogP contribution in [0.15, 0.2) is 24.3 Å². The molecule has 22 heavy (non-hydrogen) atoms. The second-order valence-electron chi connectivity index (χ2n) is 4.62. The number of rotatable bonds is 7. The number of carboxylic acid groups (broad SMARTS) is 1. The van der Waals surface area contributed by atoms with Crippen LogP contribution < -0.4 is 10.1 Å². The van der Waals surface area contributed by atoms with Gasteiger partial charge in [0, 0.05) is 0 Å². The van der Waals surface area contributed by atoms with Crippen molar-refractivity contribution in [2.24, 2.45) is 0 Å². The summed E-state index contributed by atoms with van der Waals surface area (Å²) in [5, 5.41) is 11.3. The van der Waals surface area contributed by atoms with E-state index >= 15 is 0 Å². The normalized spacial score (nSPS) is 12.5. The van der Waals surface area contributed by atoms with E-state index in [4.69, 9.17) is 5.11 Å². The van der Waals surface area contributed by atoms with E-state index in [0.29, 0.717) is 18.4 Å². The molecule has 0 spiro atoms. The van der Waals surface area contributed by atoms with Gasteiger partial charge in [-0.25, -0.2) is 4.79 Å². The fourth-order valence-electron chi connectivity index (χ4n) is 1.79. The zero-order valence-electron chi connectivity index (χ0n) is 11.8. The van der Waals surface area contributed by atoms with Crippen LogP contribution in [0, 0.1) is 0 Å². The van der Waals surface area contributed by atoms with E-state index in [1.807, 2.05) is 0 Å². The van der Waals surface area contributed by atoms with Crippen LogP contribution in [0.2, 0.25) is 0 Å². The van der Waals surface area contributed by atoms with Crippen molar-refractivity contribution in [3.05, 3.63) is 29.8 Å². The second-order valence-corrected chi connectivity index (χ2v) is 4.62. The molecule has 0 aliphatic rings. The van der Waals surface area contributed by atoms with Gasteiger partial charge in [0.25, 0.3) is 0 Å². The molecular formula is C14H16F3NO4. The van der Waals surface area contributed by atoms with Crippen LogP contribution in [0.4, 0.5) is 13.2 Å².